The lowest BCUT2D eigenvalue weighted by atomic mass is 10.1. The molecule has 3 nitrogen and oxygen atoms in total. The van der Waals surface area contributed by atoms with Crippen molar-refractivity contribution in [3.8, 4) is 0 Å². The van der Waals surface area contributed by atoms with Crippen LogP contribution in [0.25, 0.3) is 0 Å². The zero-order valence-corrected chi connectivity index (χ0v) is 10.9. The summed E-state index contributed by atoms with van der Waals surface area (Å²) < 4.78 is 0.975. The molecule has 0 unspecified atom stereocenters. The molecule has 0 radical (unpaired) electrons. The molecule has 0 heterocycles. The molecule has 1 aromatic rings. The first-order valence-corrected chi connectivity index (χ1v) is 5.97. The molecule has 0 saturated carbocycles. The molecule has 3 N–H and O–H groups in total. The average Bonchev–Trinajstić information content (AvgIpc) is 2.22. The topological polar surface area (TPSA) is 55.1 Å². The highest BCUT2D eigenvalue weighted by Crippen LogP contribution is 2.13. The summed E-state index contributed by atoms with van der Waals surface area (Å²) in [6.45, 7) is 3.22. The van der Waals surface area contributed by atoms with Gasteiger partial charge in [-0.2, -0.15) is 0 Å². The summed E-state index contributed by atoms with van der Waals surface area (Å²) in [4.78, 5) is 11.7. The lowest BCUT2D eigenvalue weighted by molar-refractivity contribution is 0.0952. The highest BCUT2D eigenvalue weighted by Gasteiger charge is 2.08. The Morgan fingerprint density at radius 3 is 2.93 bits per heavy atom. The Morgan fingerprint density at radius 1 is 1.53 bits per heavy atom. The van der Waals surface area contributed by atoms with Crippen LogP contribution < -0.4 is 11.1 Å². The molecule has 1 aromatic carbocycles. The van der Waals surface area contributed by atoms with Gasteiger partial charge in [-0.05, 0) is 54.6 Å². The molecule has 0 aliphatic heterocycles. The van der Waals surface area contributed by atoms with E-state index in [1.54, 1.807) is 0 Å². The Bertz CT molecular complexity index is 352. The van der Waals surface area contributed by atoms with Crippen LogP contribution in [-0.2, 0) is 0 Å². The molecule has 82 valence electrons. The van der Waals surface area contributed by atoms with Crippen molar-refractivity contribution in [2.24, 2.45) is 5.73 Å². The summed E-state index contributed by atoms with van der Waals surface area (Å²) in [6, 6.07) is 5.85. The summed E-state index contributed by atoms with van der Waals surface area (Å²) in [5.74, 6) is -0.0171. The van der Waals surface area contributed by atoms with Crippen LogP contribution in [0.3, 0.4) is 0 Å². The molecule has 0 aromatic heterocycles. The van der Waals surface area contributed by atoms with Crippen LogP contribution in [0.4, 0.5) is 0 Å². The Morgan fingerprint density at radius 2 is 2.27 bits per heavy atom. The number of halogens is 1. The van der Waals surface area contributed by atoms with E-state index < -0.39 is 0 Å². The van der Waals surface area contributed by atoms with Crippen LogP contribution in [0.1, 0.15) is 22.3 Å². The smallest absolute Gasteiger partial charge is 0.252 e. The van der Waals surface area contributed by atoms with Crippen molar-refractivity contribution >= 4 is 28.5 Å². The number of rotatable bonds is 4. The van der Waals surface area contributed by atoms with Gasteiger partial charge < -0.3 is 11.1 Å². The predicted octanol–water partition coefficient (Wildman–Crippen LogP) is 1.68. The van der Waals surface area contributed by atoms with Crippen molar-refractivity contribution < 1.29 is 4.79 Å². The molecule has 1 rings (SSSR count). The van der Waals surface area contributed by atoms with Crippen LogP contribution in [0, 0.1) is 10.5 Å². The number of carbonyl (C=O) groups excluding carboxylic acids is 1. The zero-order chi connectivity index (χ0) is 11.3. The van der Waals surface area contributed by atoms with E-state index >= 15 is 0 Å². The van der Waals surface area contributed by atoms with E-state index in [0.29, 0.717) is 13.1 Å². The van der Waals surface area contributed by atoms with Gasteiger partial charge in [-0.15, -0.1) is 0 Å². The second-order valence-corrected chi connectivity index (χ2v) is 4.54. The Balaban J connectivity index is 2.68. The minimum Gasteiger partial charge on any atom is -0.352 e. The minimum absolute atomic E-state index is 0.0171. The minimum atomic E-state index is -0.0171. The first kappa shape index (κ1) is 12.4. The summed E-state index contributed by atoms with van der Waals surface area (Å²) in [5.41, 5.74) is 7.19. The molecule has 15 heavy (non-hydrogen) atoms. The van der Waals surface area contributed by atoms with Crippen LogP contribution >= 0.6 is 22.6 Å². The monoisotopic (exact) mass is 318 g/mol. The maximum Gasteiger partial charge on any atom is 0.252 e. The average molecular weight is 318 g/mol. The van der Waals surface area contributed by atoms with Crippen LogP contribution in [0.15, 0.2) is 18.2 Å². The first-order chi connectivity index (χ1) is 7.15. The van der Waals surface area contributed by atoms with Gasteiger partial charge in [0.05, 0.1) is 5.56 Å². The van der Waals surface area contributed by atoms with Gasteiger partial charge in [0, 0.05) is 10.1 Å². The van der Waals surface area contributed by atoms with E-state index in [0.717, 1.165) is 21.1 Å². The van der Waals surface area contributed by atoms with Crippen LogP contribution in [0.2, 0.25) is 0 Å². The third-order valence-electron chi connectivity index (χ3n) is 2.03. The first-order valence-electron chi connectivity index (χ1n) is 4.89. The number of nitrogens with one attached hydrogen (secondary N) is 1. The molecular weight excluding hydrogens is 303 g/mol. The molecule has 0 fully saturated rings. The molecule has 4 heteroatoms. The SMILES string of the molecule is Cc1ccc(I)c(C(=O)NCCCN)c1. The predicted molar refractivity (Wildman–Crippen MR) is 69.9 cm³/mol. The highest BCUT2D eigenvalue weighted by molar-refractivity contribution is 14.1. The van der Waals surface area contributed by atoms with Gasteiger partial charge in [-0.3, -0.25) is 4.79 Å². The summed E-state index contributed by atoms with van der Waals surface area (Å²) in [6.07, 6.45) is 0.814. The summed E-state index contributed by atoms with van der Waals surface area (Å²) in [5, 5.41) is 2.84. The fourth-order valence-corrected chi connectivity index (χ4v) is 1.79. The molecular formula is C11H15IN2O. The van der Waals surface area contributed by atoms with Crippen molar-refractivity contribution in [2.45, 2.75) is 13.3 Å². The van der Waals surface area contributed by atoms with Crippen LogP contribution in [-0.4, -0.2) is 19.0 Å². The number of hydrogen-bond acceptors (Lipinski definition) is 2. The van der Waals surface area contributed by atoms with Gasteiger partial charge in [-0.1, -0.05) is 11.6 Å². The number of carbonyl (C=O) groups is 1. The van der Waals surface area contributed by atoms with Gasteiger partial charge in [-0.25, -0.2) is 0 Å². The lowest BCUT2D eigenvalue weighted by Crippen LogP contribution is -2.26. The van der Waals surface area contributed by atoms with Gasteiger partial charge in [0.15, 0.2) is 0 Å². The summed E-state index contributed by atoms with van der Waals surface area (Å²) in [7, 11) is 0. The van der Waals surface area contributed by atoms with E-state index in [-0.39, 0.29) is 5.91 Å². The van der Waals surface area contributed by atoms with E-state index in [2.05, 4.69) is 27.9 Å². The van der Waals surface area contributed by atoms with Crippen molar-refractivity contribution in [1.82, 2.24) is 5.32 Å². The number of hydrogen-bond donors (Lipinski definition) is 2. The largest absolute Gasteiger partial charge is 0.352 e. The van der Waals surface area contributed by atoms with Gasteiger partial charge in [0.1, 0.15) is 0 Å². The van der Waals surface area contributed by atoms with Gasteiger partial charge in [0.2, 0.25) is 0 Å². The molecule has 0 bridgehead atoms. The third kappa shape index (κ3) is 3.79. The quantitative estimate of drug-likeness (QED) is 0.655. The fraction of sp³-hybridized carbons (Fsp3) is 0.364. The maximum absolute atomic E-state index is 11.7. The van der Waals surface area contributed by atoms with Crippen molar-refractivity contribution in [3.05, 3.63) is 32.9 Å². The van der Waals surface area contributed by atoms with Crippen molar-refractivity contribution in [3.63, 3.8) is 0 Å². The Hall–Kier alpha value is -0.620. The number of benzene rings is 1. The number of nitrogens with two attached hydrogens (primary N) is 1. The molecule has 0 atom stereocenters. The summed E-state index contributed by atoms with van der Waals surface area (Å²) >= 11 is 2.17. The van der Waals surface area contributed by atoms with Gasteiger partial charge >= 0.3 is 0 Å². The third-order valence-corrected chi connectivity index (χ3v) is 2.97. The van der Waals surface area contributed by atoms with Crippen molar-refractivity contribution in [1.29, 1.82) is 0 Å². The number of aryl methyl sites for hydroxylation is 1. The van der Waals surface area contributed by atoms with E-state index in [1.807, 2.05) is 25.1 Å². The van der Waals surface area contributed by atoms with E-state index in [1.165, 1.54) is 0 Å². The fourth-order valence-electron chi connectivity index (χ4n) is 1.21. The lowest BCUT2D eigenvalue weighted by Gasteiger charge is -2.06. The molecule has 0 aliphatic carbocycles. The zero-order valence-electron chi connectivity index (χ0n) is 8.72. The molecule has 1 amide bonds. The van der Waals surface area contributed by atoms with Crippen LogP contribution in [0.5, 0.6) is 0 Å². The van der Waals surface area contributed by atoms with Crippen molar-refractivity contribution in [2.75, 3.05) is 13.1 Å². The van der Waals surface area contributed by atoms with Gasteiger partial charge in [0.25, 0.3) is 5.91 Å². The second-order valence-electron chi connectivity index (χ2n) is 3.38. The second kappa shape index (κ2) is 6.07. The van der Waals surface area contributed by atoms with E-state index in [4.69, 9.17) is 5.73 Å². The molecule has 0 spiro atoms. The maximum atomic E-state index is 11.7. The standard InChI is InChI=1S/C11H15IN2O/c1-8-3-4-10(12)9(7-8)11(15)14-6-2-5-13/h3-4,7H,2,5-6,13H2,1H3,(H,14,15). The normalized spacial score (nSPS) is 10.1. The van der Waals surface area contributed by atoms with E-state index in [9.17, 15) is 4.79 Å². The highest BCUT2D eigenvalue weighted by atomic mass is 127. The number of amides is 1. The Labute approximate surface area is 104 Å². The molecule has 0 aliphatic rings. The molecule has 0 saturated heterocycles. The Kier molecular flexibility index (Phi) is 5.04.